The zero-order valence-corrected chi connectivity index (χ0v) is 14.7. The molecule has 1 aromatic heterocycles. The van der Waals surface area contributed by atoms with Crippen molar-refractivity contribution in [1.29, 1.82) is 5.26 Å². The number of methoxy groups -OCH3 is 1. The Morgan fingerprint density at radius 3 is 2.31 bits per heavy atom. The first-order valence-corrected chi connectivity index (χ1v) is 8.58. The van der Waals surface area contributed by atoms with Crippen LogP contribution in [0, 0.1) is 17.1 Å². The minimum absolute atomic E-state index is 0.192. The van der Waals surface area contributed by atoms with Crippen LogP contribution in [0.3, 0.4) is 0 Å². The van der Waals surface area contributed by atoms with Gasteiger partial charge in [0.1, 0.15) is 17.6 Å². The van der Waals surface area contributed by atoms with Crippen LogP contribution in [0.5, 0.6) is 5.75 Å². The van der Waals surface area contributed by atoms with Gasteiger partial charge in [-0.05, 0) is 60.2 Å². The average molecular weight is 363 g/mol. The van der Waals surface area contributed by atoms with Crippen LogP contribution in [0.4, 0.5) is 4.39 Å². The van der Waals surface area contributed by atoms with Crippen molar-refractivity contribution in [3.05, 3.63) is 87.4 Å². The van der Waals surface area contributed by atoms with Gasteiger partial charge in [-0.3, -0.25) is 4.79 Å². The normalized spacial score (nSPS) is 11.0. The number of hydrogen-bond acceptors (Lipinski definition) is 4. The van der Waals surface area contributed by atoms with Gasteiger partial charge < -0.3 is 4.74 Å². The van der Waals surface area contributed by atoms with E-state index in [1.807, 2.05) is 24.3 Å². The molecule has 0 atom stereocenters. The lowest BCUT2D eigenvalue weighted by molar-refractivity contribution is 0.104. The topological polar surface area (TPSA) is 50.1 Å². The zero-order valence-electron chi connectivity index (χ0n) is 13.9. The zero-order chi connectivity index (χ0) is 18.5. The molecule has 5 heteroatoms. The molecule has 0 spiro atoms. The first-order chi connectivity index (χ1) is 12.6. The van der Waals surface area contributed by atoms with E-state index in [4.69, 9.17) is 4.74 Å². The number of allylic oxidation sites excluding steroid dienone is 1. The number of hydrogen-bond donors (Lipinski definition) is 0. The van der Waals surface area contributed by atoms with Crippen molar-refractivity contribution in [2.75, 3.05) is 7.11 Å². The fourth-order valence-electron chi connectivity index (χ4n) is 2.37. The summed E-state index contributed by atoms with van der Waals surface area (Å²) in [6.07, 6.45) is 1.76. The van der Waals surface area contributed by atoms with Crippen LogP contribution in [0.15, 0.2) is 60.7 Å². The summed E-state index contributed by atoms with van der Waals surface area (Å²) in [6, 6.07) is 18.4. The molecule has 0 N–H and O–H groups in total. The molecule has 0 aliphatic carbocycles. The molecular weight excluding hydrogens is 349 g/mol. The van der Waals surface area contributed by atoms with Crippen molar-refractivity contribution in [3.8, 4) is 11.8 Å². The largest absolute Gasteiger partial charge is 0.497 e. The molecule has 3 rings (SSSR count). The summed E-state index contributed by atoms with van der Waals surface area (Å²) >= 11 is 1.24. The Morgan fingerprint density at radius 1 is 1.04 bits per heavy atom. The number of halogens is 1. The first kappa shape index (κ1) is 17.6. The molecule has 3 aromatic rings. The third-order valence-electron chi connectivity index (χ3n) is 3.75. The highest BCUT2D eigenvalue weighted by molar-refractivity contribution is 7.15. The maximum Gasteiger partial charge on any atom is 0.202 e. The SMILES string of the molecule is COc1ccc(/C=C(/C#N)c2ccc(C(=O)c3ccc(F)cc3)s2)cc1. The van der Waals surface area contributed by atoms with E-state index in [0.717, 1.165) is 11.3 Å². The van der Waals surface area contributed by atoms with Crippen molar-refractivity contribution in [2.45, 2.75) is 0 Å². The third kappa shape index (κ3) is 3.88. The second-order valence-corrected chi connectivity index (χ2v) is 6.53. The van der Waals surface area contributed by atoms with Crippen LogP contribution in [-0.4, -0.2) is 12.9 Å². The monoisotopic (exact) mass is 363 g/mol. The standard InChI is InChI=1S/C21H14FNO2S/c1-25-18-8-2-14(3-9-18)12-16(13-23)19-10-11-20(26-19)21(24)15-4-6-17(22)7-5-15/h2-12H,1H3/b16-12-. The fourth-order valence-corrected chi connectivity index (χ4v) is 3.31. The summed E-state index contributed by atoms with van der Waals surface area (Å²) in [7, 11) is 1.59. The smallest absolute Gasteiger partial charge is 0.202 e. The lowest BCUT2D eigenvalue weighted by Crippen LogP contribution is -1.97. The summed E-state index contributed by atoms with van der Waals surface area (Å²) in [6.45, 7) is 0. The second-order valence-electron chi connectivity index (χ2n) is 5.44. The van der Waals surface area contributed by atoms with E-state index >= 15 is 0 Å². The van der Waals surface area contributed by atoms with Gasteiger partial charge in [0, 0.05) is 10.4 Å². The fraction of sp³-hybridized carbons (Fsp3) is 0.0476. The Balaban J connectivity index is 1.86. The molecule has 0 saturated heterocycles. The molecule has 26 heavy (non-hydrogen) atoms. The van der Waals surface area contributed by atoms with Crippen LogP contribution in [0.2, 0.25) is 0 Å². The molecule has 0 bridgehead atoms. The maximum absolute atomic E-state index is 13.0. The Labute approximate surface area is 154 Å². The van der Waals surface area contributed by atoms with Crippen LogP contribution < -0.4 is 4.74 Å². The molecule has 0 radical (unpaired) electrons. The van der Waals surface area contributed by atoms with E-state index in [0.29, 0.717) is 20.9 Å². The van der Waals surface area contributed by atoms with Crippen LogP contribution in [0.25, 0.3) is 11.6 Å². The van der Waals surface area contributed by atoms with Gasteiger partial charge in [-0.1, -0.05) is 12.1 Å². The van der Waals surface area contributed by atoms with E-state index in [1.165, 1.54) is 35.6 Å². The van der Waals surface area contributed by atoms with Gasteiger partial charge in [-0.15, -0.1) is 11.3 Å². The molecule has 0 saturated carbocycles. The number of thiophene rings is 1. The summed E-state index contributed by atoms with van der Waals surface area (Å²) in [5.41, 5.74) is 1.75. The number of nitriles is 1. The molecular formula is C21H14FNO2S. The predicted octanol–water partition coefficient (Wildman–Crippen LogP) is 5.19. The van der Waals surface area contributed by atoms with Crippen molar-refractivity contribution < 1.29 is 13.9 Å². The molecule has 1 heterocycles. The average Bonchev–Trinajstić information content (AvgIpc) is 3.16. The molecule has 0 fully saturated rings. The summed E-state index contributed by atoms with van der Waals surface area (Å²) in [5, 5.41) is 9.47. The van der Waals surface area contributed by atoms with Gasteiger partial charge in [0.25, 0.3) is 0 Å². The highest BCUT2D eigenvalue weighted by atomic mass is 32.1. The highest BCUT2D eigenvalue weighted by Gasteiger charge is 2.14. The Hall–Kier alpha value is -3.23. The number of nitrogens with zero attached hydrogens (tertiary/aromatic N) is 1. The lowest BCUT2D eigenvalue weighted by Gasteiger charge is -2.00. The Bertz CT molecular complexity index is 996. The van der Waals surface area contributed by atoms with E-state index in [-0.39, 0.29) is 11.6 Å². The summed E-state index contributed by atoms with van der Waals surface area (Å²) in [4.78, 5) is 13.7. The van der Waals surface area contributed by atoms with E-state index in [2.05, 4.69) is 6.07 Å². The first-order valence-electron chi connectivity index (χ1n) is 7.77. The molecule has 0 aliphatic heterocycles. The van der Waals surface area contributed by atoms with Gasteiger partial charge in [0.2, 0.25) is 5.78 Å². The van der Waals surface area contributed by atoms with Crippen LogP contribution in [0.1, 0.15) is 25.7 Å². The predicted molar refractivity (Wildman–Crippen MR) is 101 cm³/mol. The lowest BCUT2D eigenvalue weighted by atomic mass is 10.1. The van der Waals surface area contributed by atoms with Gasteiger partial charge in [-0.25, -0.2) is 4.39 Å². The van der Waals surface area contributed by atoms with Crippen molar-refractivity contribution >= 4 is 28.8 Å². The van der Waals surface area contributed by atoms with Crippen LogP contribution in [-0.2, 0) is 0 Å². The quantitative estimate of drug-likeness (QED) is 0.463. The molecule has 0 amide bonds. The Morgan fingerprint density at radius 2 is 1.69 bits per heavy atom. The van der Waals surface area contributed by atoms with Gasteiger partial charge >= 0.3 is 0 Å². The number of rotatable bonds is 5. The van der Waals surface area contributed by atoms with E-state index < -0.39 is 0 Å². The van der Waals surface area contributed by atoms with Crippen molar-refractivity contribution in [2.24, 2.45) is 0 Å². The van der Waals surface area contributed by atoms with Crippen LogP contribution >= 0.6 is 11.3 Å². The number of benzene rings is 2. The molecule has 2 aromatic carbocycles. The minimum Gasteiger partial charge on any atom is -0.497 e. The minimum atomic E-state index is -0.386. The molecule has 3 nitrogen and oxygen atoms in total. The Kier molecular flexibility index (Phi) is 5.26. The summed E-state index contributed by atoms with van der Waals surface area (Å²) < 4.78 is 18.1. The number of carbonyl (C=O) groups excluding carboxylic acids is 1. The molecule has 128 valence electrons. The van der Waals surface area contributed by atoms with E-state index in [1.54, 1.807) is 25.3 Å². The van der Waals surface area contributed by atoms with E-state index in [9.17, 15) is 14.4 Å². The number of ketones is 1. The number of ether oxygens (including phenoxy) is 1. The van der Waals surface area contributed by atoms with Gasteiger partial charge in [-0.2, -0.15) is 5.26 Å². The highest BCUT2D eigenvalue weighted by Crippen LogP contribution is 2.28. The van der Waals surface area contributed by atoms with Gasteiger partial charge in [0.15, 0.2) is 0 Å². The maximum atomic E-state index is 13.0. The number of carbonyl (C=O) groups is 1. The third-order valence-corrected chi connectivity index (χ3v) is 4.87. The van der Waals surface area contributed by atoms with Crippen molar-refractivity contribution in [3.63, 3.8) is 0 Å². The molecule has 0 aliphatic rings. The van der Waals surface area contributed by atoms with Gasteiger partial charge in [0.05, 0.1) is 17.6 Å². The second kappa shape index (κ2) is 7.77. The van der Waals surface area contributed by atoms with Crippen molar-refractivity contribution in [1.82, 2.24) is 0 Å². The summed E-state index contributed by atoms with van der Waals surface area (Å²) in [5.74, 6) is 0.162. The molecule has 0 unspecified atom stereocenters.